The van der Waals surface area contributed by atoms with Crippen LogP contribution in [0.25, 0.3) is 0 Å². The van der Waals surface area contributed by atoms with Crippen LogP contribution in [0, 0.1) is 5.92 Å². The fourth-order valence-corrected chi connectivity index (χ4v) is 2.69. The second-order valence-corrected chi connectivity index (χ2v) is 4.95. The van der Waals surface area contributed by atoms with Gasteiger partial charge in [-0.05, 0) is 30.3 Å². The summed E-state index contributed by atoms with van der Waals surface area (Å²) in [6, 6.07) is 0.429. The zero-order valence-electron chi connectivity index (χ0n) is 9.32. The van der Waals surface area contributed by atoms with Gasteiger partial charge in [0.25, 0.3) is 0 Å². The van der Waals surface area contributed by atoms with E-state index in [2.05, 4.69) is 21.4 Å². The van der Waals surface area contributed by atoms with Crippen molar-refractivity contribution in [2.24, 2.45) is 5.92 Å². The first kappa shape index (κ1) is 11.2. The number of rotatable bonds is 3. The molecular formula is C10H15N3O2S. The van der Waals surface area contributed by atoms with Gasteiger partial charge in [-0.15, -0.1) is 0 Å². The van der Waals surface area contributed by atoms with E-state index < -0.39 is 5.97 Å². The number of carbonyl (C=O) groups is 1. The lowest BCUT2D eigenvalue weighted by molar-refractivity contribution is 0.0603. The third-order valence-corrected chi connectivity index (χ3v) is 3.61. The molecule has 1 aliphatic rings. The van der Waals surface area contributed by atoms with Crippen LogP contribution in [-0.4, -0.2) is 23.5 Å². The van der Waals surface area contributed by atoms with Crippen molar-refractivity contribution in [1.82, 2.24) is 4.37 Å². The van der Waals surface area contributed by atoms with Crippen molar-refractivity contribution in [2.45, 2.75) is 25.8 Å². The van der Waals surface area contributed by atoms with Crippen molar-refractivity contribution in [3.63, 3.8) is 0 Å². The SMILES string of the molecule is COC(=O)c1c(N)nsc1NC1CC(C)C1. The number of anilines is 2. The van der Waals surface area contributed by atoms with Crippen LogP contribution in [0.5, 0.6) is 0 Å². The molecule has 0 radical (unpaired) electrons. The molecule has 1 saturated carbocycles. The summed E-state index contributed by atoms with van der Waals surface area (Å²) in [7, 11) is 1.34. The molecule has 1 fully saturated rings. The van der Waals surface area contributed by atoms with Gasteiger partial charge in [-0.2, -0.15) is 4.37 Å². The van der Waals surface area contributed by atoms with Crippen molar-refractivity contribution in [3.05, 3.63) is 5.56 Å². The van der Waals surface area contributed by atoms with Gasteiger partial charge < -0.3 is 15.8 Å². The van der Waals surface area contributed by atoms with Gasteiger partial charge in [0.15, 0.2) is 5.82 Å². The van der Waals surface area contributed by atoms with E-state index in [1.807, 2.05) is 0 Å². The number of ether oxygens (including phenoxy) is 1. The highest BCUT2D eigenvalue weighted by atomic mass is 32.1. The highest BCUT2D eigenvalue weighted by Crippen LogP contribution is 2.34. The molecule has 0 aromatic carbocycles. The molecule has 16 heavy (non-hydrogen) atoms. The summed E-state index contributed by atoms with van der Waals surface area (Å²) in [5.41, 5.74) is 6.01. The molecule has 0 atom stereocenters. The molecule has 1 aliphatic carbocycles. The zero-order valence-corrected chi connectivity index (χ0v) is 10.1. The molecule has 0 amide bonds. The number of aromatic nitrogens is 1. The second-order valence-electron chi connectivity index (χ2n) is 4.18. The maximum absolute atomic E-state index is 11.5. The van der Waals surface area contributed by atoms with Crippen molar-refractivity contribution in [3.8, 4) is 0 Å². The monoisotopic (exact) mass is 241 g/mol. The minimum Gasteiger partial charge on any atom is -0.465 e. The Morgan fingerprint density at radius 1 is 1.62 bits per heavy atom. The molecule has 6 heteroatoms. The number of hydrogen-bond acceptors (Lipinski definition) is 6. The average Bonchev–Trinajstić information content (AvgIpc) is 2.57. The third-order valence-electron chi connectivity index (χ3n) is 2.82. The van der Waals surface area contributed by atoms with Crippen LogP contribution in [-0.2, 0) is 4.74 Å². The minimum atomic E-state index is -0.430. The molecular weight excluding hydrogens is 226 g/mol. The van der Waals surface area contributed by atoms with Crippen LogP contribution in [0.1, 0.15) is 30.1 Å². The van der Waals surface area contributed by atoms with Gasteiger partial charge in [-0.25, -0.2) is 4.79 Å². The van der Waals surface area contributed by atoms with Gasteiger partial charge in [-0.3, -0.25) is 0 Å². The van der Waals surface area contributed by atoms with Crippen LogP contribution in [0.3, 0.4) is 0 Å². The normalized spacial score (nSPS) is 23.6. The fraction of sp³-hybridized carbons (Fsp3) is 0.600. The number of nitrogen functional groups attached to an aromatic ring is 1. The number of hydrogen-bond donors (Lipinski definition) is 2. The van der Waals surface area contributed by atoms with Crippen molar-refractivity contribution in [1.29, 1.82) is 0 Å². The zero-order chi connectivity index (χ0) is 11.7. The van der Waals surface area contributed by atoms with Gasteiger partial charge in [0.2, 0.25) is 0 Å². The summed E-state index contributed by atoms with van der Waals surface area (Å²) in [5, 5.41) is 4.01. The lowest BCUT2D eigenvalue weighted by atomic mass is 9.82. The Labute approximate surface area is 98.1 Å². The molecule has 1 heterocycles. The van der Waals surface area contributed by atoms with Crippen LogP contribution in [0.2, 0.25) is 0 Å². The van der Waals surface area contributed by atoms with Crippen molar-refractivity contribution in [2.75, 3.05) is 18.2 Å². The Balaban J connectivity index is 2.11. The molecule has 3 N–H and O–H groups in total. The number of methoxy groups -OCH3 is 1. The van der Waals surface area contributed by atoms with E-state index in [1.54, 1.807) is 0 Å². The first-order valence-corrected chi connectivity index (χ1v) is 5.99. The molecule has 1 aromatic rings. The largest absolute Gasteiger partial charge is 0.465 e. The van der Waals surface area contributed by atoms with E-state index in [0.29, 0.717) is 11.6 Å². The highest BCUT2D eigenvalue weighted by molar-refractivity contribution is 7.11. The van der Waals surface area contributed by atoms with Gasteiger partial charge in [0.05, 0.1) is 7.11 Å². The summed E-state index contributed by atoms with van der Waals surface area (Å²) in [6.45, 7) is 2.21. The van der Waals surface area contributed by atoms with Gasteiger partial charge in [0, 0.05) is 6.04 Å². The molecule has 0 bridgehead atoms. The number of nitrogens with zero attached hydrogens (tertiary/aromatic N) is 1. The number of nitrogens with one attached hydrogen (secondary N) is 1. The van der Waals surface area contributed by atoms with E-state index in [-0.39, 0.29) is 5.82 Å². The molecule has 0 unspecified atom stereocenters. The van der Waals surface area contributed by atoms with Gasteiger partial charge >= 0.3 is 5.97 Å². The summed E-state index contributed by atoms with van der Waals surface area (Å²) in [6.07, 6.45) is 2.25. The molecule has 0 spiro atoms. The van der Waals surface area contributed by atoms with Crippen molar-refractivity contribution < 1.29 is 9.53 Å². The average molecular weight is 241 g/mol. The topological polar surface area (TPSA) is 77.2 Å². The van der Waals surface area contributed by atoms with E-state index in [1.165, 1.54) is 18.6 Å². The number of nitrogens with two attached hydrogens (primary N) is 1. The Hall–Kier alpha value is -1.30. The third kappa shape index (κ3) is 1.97. The van der Waals surface area contributed by atoms with E-state index >= 15 is 0 Å². The standard InChI is InChI=1S/C10H15N3O2S/c1-5-3-6(4-5)12-9-7(10(14)15-2)8(11)13-16-9/h5-6,12H,3-4H2,1-2H3,(H2,11,13). The molecule has 1 aromatic heterocycles. The first-order chi connectivity index (χ1) is 7.61. The smallest absolute Gasteiger partial charge is 0.344 e. The highest BCUT2D eigenvalue weighted by Gasteiger charge is 2.28. The molecule has 0 saturated heterocycles. The van der Waals surface area contributed by atoms with Gasteiger partial charge in [0.1, 0.15) is 10.6 Å². The predicted octanol–water partition coefficient (Wildman–Crippen LogP) is 1.72. The van der Waals surface area contributed by atoms with Crippen molar-refractivity contribution >= 4 is 28.3 Å². The molecule has 88 valence electrons. The summed E-state index contributed by atoms with van der Waals surface area (Å²) < 4.78 is 8.65. The molecule has 5 nitrogen and oxygen atoms in total. The Morgan fingerprint density at radius 3 is 2.88 bits per heavy atom. The quantitative estimate of drug-likeness (QED) is 0.788. The predicted molar refractivity (Wildman–Crippen MR) is 63.7 cm³/mol. The summed E-state index contributed by atoms with van der Waals surface area (Å²) in [4.78, 5) is 11.5. The van der Waals surface area contributed by atoms with Gasteiger partial charge in [-0.1, -0.05) is 6.92 Å². The molecule has 2 rings (SSSR count). The lowest BCUT2D eigenvalue weighted by Crippen LogP contribution is -2.33. The Bertz CT molecular complexity index is 399. The fourth-order valence-electron chi connectivity index (χ4n) is 1.91. The second kappa shape index (κ2) is 4.29. The maximum Gasteiger partial charge on any atom is 0.344 e. The van der Waals surface area contributed by atoms with Crippen LogP contribution >= 0.6 is 11.5 Å². The minimum absolute atomic E-state index is 0.242. The van der Waals surface area contributed by atoms with E-state index in [0.717, 1.165) is 23.8 Å². The number of esters is 1. The summed E-state index contributed by atoms with van der Waals surface area (Å²) >= 11 is 1.21. The first-order valence-electron chi connectivity index (χ1n) is 5.21. The Morgan fingerprint density at radius 2 is 2.31 bits per heavy atom. The molecule has 0 aliphatic heterocycles. The van der Waals surface area contributed by atoms with Crippen LogP contribution in [0.4, 0.5) is 10.8 Å². The number of carbonyl (C=O) groups excluding carboxylic acids is 1. The van der Waals surface area contributed by atoms with Crippen LogP contribution < -0.4 is 11.1 Å². The van der Waals surface area contributed by atoms with E-state index in [4.69, 9.17) is 5.73 Å². The maximum atomic E-state index is 11.5. The van der Waals surface area contributed by atoms with Crippen LogP contribution in [0.15, 0.2) is 0 Å². The van der Waals surface area contributed by atoms with E-state index in [9.17, 15) is 4.79 Å². The summed E-state index contributed by atoms with van der Waals surface area (Å²) in [5.74, 6) is 0.567. The lowest BCUT2D eigenvalue weighted by Gasteiger charge is -2.33. The Kier molecular flexibility index (Phi) is 3.00.